The summed E-state index contributed by atoms with van der Waals surface area (Å²) in [7, 11) is 2.08. The van der Waals surface area contributed by atoms with E-state index in [0.717, 1.165) is 25.9 Å². The molecule has 1 aliphatic heterocycles. The number of piperidine rings is 1. The van der Waals surface area contributed by atoms with Crippen molar-refractivity contribution in [2.75, 3.05) is 20.1 Å². The van der Waals surface area contributed by atoms with Gasteiger partial charge in [-0.3, -0.25) is 4.79 Å². The molecular formula is C14H20N2O3. The van der Waals surface area contributed by atoms with Gasteiger partial charge in [-0.25, -0.2) is 0 Å². The molecule has 5 heteroatoms. The van der Waals surface area contributed by atoms with Crippen LogP contribution in [0.1, 0.15) is 24.4 Å². The highest BCUT2D eigenvalue weighted by atomic mass is 16.5. The lowest BCUT2D eigenvalue weighted by Gasteiger charge is -2.30. The number of aliphatic carboxylic acids is 1. The Bertz CT molecular complexity index is 450. The number of likely N-dealkylation sites (tertiary alicyclic amines) is 1. The van der Waals surface area contributed by atoms with Gasteiger partial charge in [0.1, 0.15) is 17.9 Å². The average molecular weight is 264 g/mol. The van der Waals surface area contributed by atoms with Crippen LogP contribution in [0.5, 0.6) is 5.75 Å². The Morgan fingerprint density at radius 3 is 3.05 bits per heavy atom. The SMILES string of the molecule is CN1CCCC(Oc2cccc(C(N)C(=O)O)c2)C1. The molecule has 3 N–H and O–H groups in total. The van der Waals surface area contributed by atoms with E-state index in [1.165, 1.54) is 0 Å². The van der Waals surface area contributed by atoms with Gasteiger partial charge < -0.3 is 20.5 Å². The van der Waals surface area contributed by atoms with E-state index in [4.69, 9.17) is 15.6 Å². The standard InChI is InChI=1S/C14H20N2O3/c1-16-7-3-6-12(9-16)19-11-5-2-4-10(8-11)13(15)14(17)18/h2,4-5,8,12-13H,3,6-7,9,15H2,1H3,(H,17,18). The zero-order valence-corrected chi connectivity index (χ0v) is 11.1. The van der Waals surface area contributed by atoms with Crippen molar-refractivity contribution in [3.05, 3.63) is 29.8 Å². The third kappa shape index (κ3) is 3.68. The van der Waals surface area contributed by atoms with E-state index in [1.54, 1.807) is 18.2 Å². The molecule has 1 heterocycles. The minimum atomic E-state index is -1.03. The zero-order valence-electron chi connectivity index (χ0n) is 11.1. The predicted molar refractivity (Wildman–Crippen MR) is 72.2 cm³/mol. The lowest BCUT2D eigenvalue weighted by Crippen LogP contribution is -2.38. The number of carbonyl (C=O) groups is 1. The number of benzene rings is 1. The van der Waals surface area contributed by atoms with Crippen LogP contribution in [-0.4, -0.2) is 42.2 Å². The highest BCUT2D eigenvalue weighted by Gasteiger charge is 2.19. The van der Waals surface area contributed by atoms with Gasteiger partial charge in [-0.2, -0.15) is 0 Å². The summed E-state index contributed by atoms with van der Waals surface area (Å²) < 4.78 is 5.91. The second-order valence-corrected chi connectivity index (χ2v) is 5.03. The highest BCUT2D eigenvalue weighted by molar-refractivity contribution is 5.75. The summed E-state index contributed by atoms with van der Waals surface area (Å²) in [5.74, 6) is -0.343. The van der Waals surface area contributed by atoms with Crippen molar-refractivity contribution < 1.29 is 14.6 Å². The Morgan fingerprint density at radius 1 is 1.58 bits per heavy atom. The molecule has 1 aromatic carbocycles. The molecule has 0 amide bonds. The topological polar surface area (TPSA) is 75.8 Å². The summed E-state index contributed by atoms with van der Waals surface area (Å²) in [4.78, 5) is 13.1. The molecule has 5 nitrogen and oxygen atoms in total. The van der Waals surface area contributed by atoms with Crippen LogP contribution in [0.4, 0.5) is 0 Å². The number of likely N-dealkylation sites (N-methyl/N-ethyl adjacent to an activating group) is 1. The minimum absolute atomic E-state index is 0.162. The van der Waals surface area contributed by atoms with Crippen molar-refractivity contribution in [1.29, 1.82) is 0 Å². The molecule has 0 spiro atoms. The molecule has 2 atom stereocenters. The number of nitrogens with two attached hydrogens (primary N) is 1. The molecule has 2 unspecified atom stereocenters. The molecule has 19 heavy (non-hydrogen) atoms. The molecule has 2 rings (SSSR count). The van der Waals surface area contributed by atoms with Crippen LogP contribution in [-0.2, 0) is 4.79 Å². The Kier molecular flexibility index (Phi) is 4.39. The van der Waals surface area contributed by atoms with Gasteiger partial charge in [0.25, 0.3) is 0 Å². The first-order chi connectivity index (χ1) is 9.06. The van der Waals surface area contributed by atoms with Crippen LogP contribution < -0.4 is 10.5 Å². The van der Waals surface area contributed by atoms with Crippen molar-refractivity contribution in [1.82, 2.24) is 4.90 Å². The van der Waals surface area contributed by atoms with Crippen LogP contribution in [0.3, 0.4) is 0 Å². The largest absolute Gasteiger partial charge is 0.489 e. The summed E-state index contributed by atoms with van der Waals surface area (Å²) >= 11 is 0. The lowest BCUT2D eigenvalue weighted by molar-refractivity contribution is -0.138. The zero-order chi connectivity index (χ0) is 13.8. The average Bonchev–Trinajstić information content (AvgIpc) is 2.38. The molecule has 0 aliphatic carbocycles. The first kappa shape index (κ1) is 13.8. The van der Waals surface area contributed by atoms with Gasteiger partial charge in [-0.05, 0) is 44.1 Å². The van der Waals surface area contributed by atoms with Crippen LogP contribution in [0.25, 0.3) is 0 Å². The molecule has 1 fully saturated rings. The molecule has 1 saturated heterocycles. The molecule has 0 saturated carbocycles. The molecule has 0 bridgehead atoms. The van der Waals surface area contributed by atoms with Gasteiger partial charge in [0.15, 0.2) is 0 Å². The number of rotatable bonds is 4. The Hall–Kier alpha value is -1.59. The van der Waals surface area contributed by atoms with Crippen LogP contribution in [0.15, 0.2) is 24.3 Å². The third-order valence-electron chi connectivity index (χ3n) is 3.37. The second kappa shape index (κ2) is 6.04. The minimum Gasteiger partial charge on any atom is -0.489 e. The van der Waals surface area contributed by atoms with Gasteiger partial charge in [0.05, 0.1) is 0 Å². The number of hydrogen-bond acceptors (Lipinski definition) is 4. The maximum atomic E-state index is 10.9. The van der Waals surface area contributed by atoms with Gasteiger partial charge in [-0.15, -0.1) is 0 Å². The lowest BCUT2D eigenvalue weighted by atomic mass is 10.1. The van der Waals surface area contributed by atoms with E-state index in [9.17, 15) is 4.79 Å². The van der Waals surface area contributed by atoms with E-state index in [-0.39, 0.29) is 6.10 Å². The number of nitrogens with zero attached hydrogens (tertiary/aromatic N) is 1. The molecular weight excluding hydrogens is 244 g/mol. The summed E-state index contributed by atoms with van der Waals surface area (Å²) in [6, 6.07) is 6.04. The van der Waals surface area contributed by atoms with Crippen molar-refractivity contribution >= 4 is 5.97 Å². The summed E-state index contributed by atoms with van der Waals surface area (Å²) in [6.45, 7) is 2.00. The fraction of sp³-hybridized carbons (Fsp3) is 0.500. The van der Waals surface area contributed by atoms with Gasteiger partial charge in [0, 0.05) is 6.54 Å². The number of hydrogen-bond donors (Lipinski definition) is 2. The van der Waals surface area contributed by atoms with Crippen molar-refractivity contribution in [2.45, 2.75) is 25.0 Å². The summed E-state index contributed by atoms with van der Waals surface area (Å²) in [6.07, 6.45) is 2.31. The van der Waals surface area contributed by atoms with Crippen LogP contribution in [0, 0.1) is 0 Å². The number of ether oxygens (including phenoxy) is 1. The third-order valence-corrected chi connectivity index (χ3v) is 3.37. The number of carboxylic acid groups (broad SMARTS) is 1. The Morgan fingerprint density at radius 2 is 2.37 bits per heavy atom. The molecule has 1 aliphatic rings. The second-order valence-electron chi connectivity index (χ2n) is 5.03. The van der Waals surface area contributed by atoms with Gasteiger partial charge in [0.2, 0.25) is 0 Å². The van der Waals surface area contributed by atoms with Crippen molar-refractivity contribution in [3.8, 4) is 5.75 Å². The highest BCUT2D eigenvalue weighted by Crippen LogP contribution is 2.21. The summed E-state index contributed by atoms with van der Waals surface area (Å²) in [5.41, 5.74) is 6.16. The van der Waals surface area contributed by atoms with Crippen LogP contribution >= 0.6 is 0 Å². The molecule has 0 radical (unpaired) electrons. The molecule has 0 aromatic heterocycles. The smallest absolute Gasteiger partial charge is 0.325 e. The van der Waals surface area contributed by atoms with Crippen molar-refractivity contribution in [2.24, 2.45) is 5.73 Å². The maximum absolute atomic E-state index is 10.9. The Balaban J connectivity index is 2.04. The van der Waals surface area contributed by atoms with E-state index in [1.807, 2.05) is 6.07 Å². The van der Waals surface area contributed by atoms with Crippen molar-refractivity contribution in [3.63, 3.8) is 0 Å². The summed E-state index contributed by atoms with van der Waals surface area (Å²) in [5, 5.41) is 8.91. The fourth-order valence-corrected chi connectivity index (χ4v) is 2.33. The van der Waals surface area contributed by atoms with Gasteiger partial charge in [-0.1, -0.05) is 12.1 Å². The quantitative estimate of drug-likeness (QED) is 0.856. The fourth-order valence-electron chi connectivity index (χ4n) is 2.33. The van der Waals surface area contributed by atoms with Gasteiger partial charge >= 0.3 is 5.97 Å². The van der Waals surface area contributed by atoms with E-state index >= 15 is 0 Å². The first-order valence-electron chi connectivity index (χ1n) is 6.50. The van der Waals surface area contributed by atoms with E-state index in [0.29, 0.717) is 11.3 Å². The molecule has 104 valence electrons. The predicted octanol–water partition coefficient (Wildman–Crippen LogP) is 1.24. The monoisotopic (exact) mass is 264 g/mol. The maximum Gasteiger partial charge on any atom is 0.325 e. The number of carboxylic acids is 1. The van der Waals surface area contributed by atoms with E-state index in [2.05, 4.69) is 11.9 Å². The normalized spacial score (nSPS) is 21.9. The van der Waals surface area contributed by atoms with Crippen LogP contribution in [0.2, 0.25) is 0 Å². The molecule has 1 aromatic rings. The van der Waals surface area contributed by atoms with E-state index < -0.39 is 12.0 Å². The Labute approximate surface area is 113 Å². The first-order valence-corrected chi connectivity index (χ1v) is 6.50.